The van der Waals surface area contributed by atoms with Gasteiger partial charge in [0.1, 0.15) is 12.1 Å². The maximum Gasteiger partial charge on any atom is 0.258 e. The summed E-state index contributed by atoms with van der Waals surface area (Å²) in [4.78, 5) is 28.3. The second-order valence-electron chi connectivity index (χ2n) is 6.53. The number of hydrogen-bond acceptors (Lipinski definition) is 5. The van der Waals surface area contributed by atoms with Crippen molar-refractivity contribution >= 4 is 29.4 Å². The van der Waals surface area contributed by atoms with Gasteiger partial charge >= 0.3 is 0 Å². The average molecular weight is 412 g/mol. The number of rotatable bonds is 6. The van der Waals surface area contributed by atoms with Crippen LogP contribution >= 0.6 is 11.6 Å². The van der Waals surface area contributed by atoms with Crippen LogP contribution in [0.4, 0.5) is 5.95 Å². The Labute approximate surface area is 171 Å². The Balaban J connectivity index is 1.48. The maximum absolute atomic E-state index is 12.2. The first-order valence-corrected chi connectivity index (χ1v) is 9.40. The number of hydrogen-bond donors (Lipinski definition) is 2. The Morgan fingerprint density at radius 3 is 2.93 bits per heavy atom. The van der Waals surface area contributed by atoms with E-state index in [1.54, 1.807) is 22.9 Å². The molecule has 8 nitrogen and oxygen atoms in total. The molecule has 1 unspecified atom stereocenters. The molecule has 0 fully saturated rings. The Kier molecular flexibility index (Phi) is 5.44. The van der Waals surface area contributed by atoms with Gasteiger partial charge in [0.25, 0.3) is 5.91 Å². The number of anilines is 1. The molecule has 2 amide bonds. The Hall–Kier alpha value is -3.39. The number of nitrogens with zero attached hydrogens (tertiary/aromatic N) is 3. The molecule has 0 spiro atoms. The quantitative estimate of drug-likeness (QED) is 0.649. The first-order valence-electron chi connectivity index (χ1n) is 9.02. The van der Waals surface area contributed by atoms with Gasteiger partial charge in [-0.05, 0) is 23.8 Å². The molecule has 29 heavy (non-hydrogen) atoms. The molecule has 2 N–H and O–H groups in total. The number of ether oxygens (including phenoxy) is 1. The molecule has 1 aliphatic rings. The van der Waals surface area contributed by atoms with Crippen LogP contribution in [0.5, 0.6) is 5.75 Å². The van der Waals surface area contributed by atoms with Gasteiger partial charge in [0.2, 0.25) is 11.9 Å². The van der Waals surface area contributed by atoms with Gasteiger partial charge < -0.3 is 10.1 Å². The van der Waals surface area contributed by atoms with E-state index in [0.717, 1.165) is 5.56 Å². The van der Waals surface area contributed by atoms with Crippen LogP contribution in [0.2, 0.25) is 5.02 Å². The summed E-state index contributed by atoms with van der Waals surface area (Å²) < 4.78 is 7.37. The van der Waals surface area contributed by atoms with Gasteiger partial charge in [-0.2, -0.15) is 10.1 Å². The summed E-state index contributed by atoms with van der Waals surface area (Å²) >= 11 is 6.17. The van der Waals surface area contributed by atoms with Crippen LogP contribution in [0, 0.1) is 0 Å². The summed E-state index contributed by atoms with van der Waals surface area (Å²) in [6.45, 7) is 0.256. The largest absolute Gasteiger partial charge is 0.483 e. The molecule has 4 rings (SSSR count). The van der Waals surface area contributed by atoms with Gasteiger partial charge in [-0.3, -0.25) is 14.9 Å². The highest BCUT2D eigenvalue weighted by atomic mass is 35.5. The molecular weight excluding hydrogens is 394 g/mol. The van der Waals surface area contributed by atoms with Gasteiger partial charge in [-0.1, -0.05) is 41.9 Å². The SMILES string of the molecule is O=C(COc1ccc(Cl)cc1C1CC(=O)Nc2ncnn21)NCc1ccccc1. The van der Waals surface area contributed by atoms with Gasteiger partial charge in [-0.25, -0.2) is 4.68 Å². The van der Waals surface area contributed by atoms with Crippen molar-refractivity contribution in [2.45, 2.75) is 19.0 Å². The molecule has 1 atom stereocenters. The van der Waals surface area contributed by atoms with E-state index in [2.05, 4.69) is 20.7 Å². The summed E-state index contributed by atoms with van der Waals surface area (Å²) in [5.41, 5.74) is 1.66. The molecular formula is C20H18ClN5O3. The minimum absolute atomic E-state index is 0.160. The van der Waals surface area contributed by atoms with Gasteiger partial charge in [-0.15, -0.1) is 0 Å². The predicted octanol–water partition coefficient (Wildman–Crippen LogP) is 2.56. The molecule has 1 aromatic heterocycles. The van der Waals surface area contributed by atoms with Crippen molar-refractivity contribution in [1.82, 2.24) is 20.1 Å². The van der Waals surface area contributed by atoms with Gasteiger partial charge in [0, 0.05) is 17.1 Å². The predicted molar refractivity (Wildman–Crippen MR) is 107 cm³/mol. The second kappa shape index (κ2) is 8.32. The number of amides is 2. The van der Waals surface area contributed by atoms with Crippen molar-refractivity contribution in [3.05, 3.63) is 71.0 Å². The first kappa shape index (κ1) is 18.9. The topological polar surface area (TPSA) is 98.1 Å². The minimum Gasteiger partial charge on any atom is -0.483 e. The number of aromatic nitrogens is 3. The third-order valence-corrected chi connectivity index (χ3v) is 4.76. The van der Waals surface area contributed by atoms with Crippen LogP contribution < -0.4 is 15.4 Å². The standard InChI is InChI=1S/C20H18ClN5O3/c21-14-6-7-17(29-11-19(28)22-10-13-4-2-1-3-5-13)15(8-14)16-9-18(27)25-20-23-12-24-26(16)20/h1-8,12,16H,9-11H2,(H,22,28)(H,23,24,25,27). The molecule has 0 radical (unpaired) electrons. The number of carbonyl (C=O) groups is 2. The molecule has 9 heteroatoms. The van der Waals surface area contributed by atoms with Gasteiger partial charge in [0.05, 0.1) is 12.5 Å². The average Bonchev–Trinajstić information content (AvgIpc) is 3.20. The van der Waals surface area contributed by atoms with Crippen LogP contribution in [0.1, 0.15) is 23.6 Å². The lowest BCUT2D eigenvalue weighted by atomic mass is 10.0. The fraction of sp³-hybridized carbons (Fsp3) is 0.200. The van der Waals surface area contributed by atoms with E-state index in [1.807, 2.05) is 30.3 Å². The summed E-state index contributed by atoms with van der Waals surface area (Å²) in [6, 6.07) is 14.3. The molecule has 0 bridgehead atoms. The van der Waals surface area contributed by atoms with E-state index in [-0.39, 0.29) is 24.8 Å². The van der Waals surface area contributed by atoms with Crippen molar-refractivity contribution < 1.29 is 14.3 Å². The zero-order valence-corrected chi connectivity index (χ0v) is 16.1. The maximum atomic E-state index is 12.2. The molecule has 0 saturated carbocycles. The summed E-state index contributed by atoms with van der Waals surface area (Å²) in [7, 11) is 0. The second-order valence-corrected chi connectivity index (χ2v) is 6.97. The zero-order chi connectivity index (χ0) is 20.2. The highest BCUT2D eigenvalue weighted by Gasteiger charge is 2.30. The fourth-order valence-corrected chi connectivity index (χ4v) is 3.33. The van der Waals surface area contributed by atoms with Crippen molar-refractivity contribution in [2.24, 2.45) is 0 Å². The minimum atomic E-state index is -0.428. The lowest BCUT2D eigenvalue weighted by molar-refractivity contribution is -0.123. The van der Waals surface area contributed by atoms with Crippen molar-refractivity contribution in [3.8, 4) is 5.75 Å². The van der Waals surface area contributed by atoms with Crippen LogP contribution in [-0.4, -0.2) is 33.2 Å². The van der Waals surface area contributed by atoms with E-state index in [4.69, 9.17) is 16.3 Å². The molecule has 0 aliphatic carbocycles. The van der Waals surface area contributed by atoms with Crippen LogP contribution in [0.25, 0.3) is 0 Å². The normalized spacial score (nSPS) is 15.3. The third kappa shape index (κ3) is 4.38. The van der Waals surface area contributed by atoms with E-state index < -0.39 is 6.04 Å². The molecule has 2 heterocycles. The monoisotopic (exact) mass is 411 g/mol. The fourth-order valence-electron chi connectivity index (χ4n) is 3.15. The Bertz CT molecular complexity index is 1040. The summed E-state index contributed by atoms with van der Waals surface area (Å²) in [5, 5.41) is 10.2. The zero-order valence-electron chi connectivity index (χ0n) is 15.3. The van der Waals surface area contributed by atoms with Crippen LogP contribution in [-0.2, 0) is 16.1 Å². The van der Waals surface area contributed by atoms with E-state index >= 15 is 0 Å². The third-order valence-electron chi connectivity index (χ3n) is 4.52. The van der Waals surface area contributed by atoms with E-state index in [9.17, 15) is 9.59 Å². The first-order chi connectivity index (χ1) is 14.1. The van der Waals surface area contributed by atoms with Crippen molar-refractivity contribution in [2.75, 3.05) is 11.9 Å². The van der Waals surface area contributed by atoms with Crippen LogP contribution in [0.3, 0.4) is 0 Å². The Morgan fingerprint density at radius 1 is 1.28 bits per heavy atom. The van der Waals surface area contributed by atoms with Crippen LogP contribution in [0.15, 0.2) is 54.9 Å². The lowest BCUT2D eigenvalue weighted by Gasteiger charge is -2.25. The number of carbonyl (C=O) groups excluding carboxylic acids is 2. The highest BCUT2D eigenvalue weighted by Crippen LogP contribution is 2.35. The molecule has 3 aromatic rings. The number of halogens is 1. The molecule has 1 aliphatic heterocycles. The number of nitrogens with one attached hydrogen (secondary N) is 2. The van der Waals surface area contributed by atoms with Crippen molar-refractivity contribution in [1.29, 1.82) is 0 Å². The van der Waals surface area contributed by atoms with Crippen molar-refractivity contribution in [3.63, 3.8) is 0 Å². The van der Waals surface area contributed by atoms with E-state index in [1.165, 1.54) is 6.33 Å². The highest BCUT2D eigenvalue weighted by molar-refractivity contribution is 6.30. The number of benzene rings is 2. The Morgan fingerprint density at radius 2 is 2.10 bits per heavy atom. The smallest absolute Gasteiger partial charge is 0.258 e. The molecule has 148 valence electrons. The summed E-state index contributed by atoms with van der Waals surface area (Å²) in [5.74, 6) is 0.391. The van der Waals surface area contributed by atoms with Gasteiger partial charge in [0.15, 0.2) is 6.61 Å². The molecule has 2 aromatic carbocycles. The molecule has 0 saturated heterocycles. The summed E-state index contributed by atoms with van der Waals surface area (Å²) in [6.07, 6.45) is 1.53. The van der Waals surface area contributed by atoms with E-state index in [0.29, 0.717) is 28.8 Å². The number of fused-ring (bicyclic) bond motifs is 1. The lowest BCUT2D eigenvalue weighted by Crippen LogP contribution is -2.30.